The summed E-state index contributed by atoms with van der Waals surface area (Å²) in [5.74, 6) is 0.00243. The molecule has 0 radical (unpaired) electrons. The zero-order chi connectivity index (χ0) is 14.5. The third-order valence-electron chi connectivity index (χ3n) is 2.89. The summed E-state index contributed by atoms with van der Waals surface area (Å²) in [4.78, 5) is 18.4. The van der Waals surface area contributed by atoms with Crippen molar-refractivity contribution in [1.82, 2.24) is 9.88 Å². The Morgan fingerprint density at radius 2 is 2.20 bits per heavy atom. The number of carbonyl (C=O) groups is 1. The number of halogens is 2. The first kappa shape index (κ1) is 15.4. The normalized spacial score (nSPS) is 11.0. The maximum Gasteiger partial charge on any atom is 0.165 e. The number of benzene rings is 1. The van der Waals surface area contributed by atoms with Crippen molar-refractivity contribution < 1.29 is 4.79 Å². The Kier molecular flexibility index (Phi) is 5.54. The quantitative estimate of drug-likeness (QED) is 0.746. The smallest absolute Gasteiger partial charge is 0.165 e. The van der Waals surface area contributed by atoms with Gasteiger partial charge in [-0.05, 0) is 19.2 Å². The second-order valence-corrected chi connectivity index (χ2v) is 6.00. The van der Waals surface area contributed by atoms with Crippen molar-refractivity contribution in [3.05, 3.63) is 50.4 Å². The summed E-state index contributed by atoms with van der Waals surface area (Å²) in [5, 5.41) is 2.75. The Morgan fingerprint density at radius 3 is 2.90 bits per heavy atom. The van der Waals surface area contributed by atoms with E-state index in [4.69, 9.17) is 23.2 Å². The number of aromatic nitrogens is 1. The predicted molar refractivity (Wildman–Crippen MR) is 83.9 cm³/mol. The van der Waals surface area contributed by atoms with E-state index in [1.54, 1.807) is 35.0 Å². The van der Waals surface area contributed by atoms with E-state index in [2.05, 4.69) is 9.88 Å². The lowest BCUT2D eigenvalue weighted by Gasteiger charge is -2.14. The number of carbonyl (C=O) groups excluding carboxylic acids is 1. The summed E-state index contributed by atoms with van der Waals surface area (Å²) in [6.45, 7) is 1.39. The molecule has 0 amide bonds. The van der Waals surface area contributed by atoms with E-state index in [1.807, 2.05) is 12.4 Å². The predicted octanol–water partition coefficient (Wildman–Crippen LogP) is 4.15. The molecule has 0 fully saturated rings. The van der Waals surface area contributed by atoms with Crippen LogP contribution in [0.4, 0.5) is 0 Å². The minimum absolute atomic E-state index is 0.00243. The molecule has 0 bridgehead atoms. The first-order valence-corrected chi connectivity index (χ1v) is 7.80. The zero-order valence-electron chi connectivity index (χ0n) is 11.0. The maximum absolute atomic E-state index is 12.1. The van der Waals surface area contributed by atoms with Crippen molar-refractivity contribution in [3.8, 4) is 0 Å². The highest BCUT2D eigenvalue weighted by Gasteiger charge is 2.13. The van der Waals surface area contributed by atoms with Crippen LogP contribution >= 0.6 is 34.5 Å². The third kappa shape index (κ3) is 4.03. The Hall–Kier alpha value is -0.940. The van der Waals surface area contributed by atoms with Gasteiger partial charge < -0.3 is 4.90 Å². The molecule has 6 heteroatoms. The fraction of sp³-hybridized carbons (Fsp3) is 0.286. The molecule has 20 heavy (non-hydrogen) atoms. The summed E-state index contributed by atoms with van der Waals surface area (Å²) in [7, 11) is 1.96. The Balaban J connectivity index is 1.90. The molecule has 1 aromatic heterocycles. The van der Waals surface area contributed by atoms with E-state index >= 15 is 0 Å². The van der Waals surface area contributed by atoms with Gasteiger partial charge in [0.1, 0.15) is 0 Å². The van der Waals surface area contributed by atoms with Crippen LogP contribution in [0.15, 0.2) is 29.1 Å². The van der Waals surface area contributed by atoms with Crippen LogP contribution in [0.25, 0.3) is 0 Å². The number of Topliss-reactive ketones (excluding diaryl/α,β-unsaturated/α-hetero) is 1. The van der Waals surface area contributed by atoms with Gasteiger partial charge in [0, 0.05) is 30.5 Å². The Morgan fingerprint density at radius 1 is 1.40 bits per heavy atom. The van der Waals surface area contributed by atoms with Gasteiger partial charge >= 0.3 is 0 Å². The molecule has 0 spiro atoms. The molecule has 0 atom stereocenters. The number of nitrogens with zero attached hydrogens (tertiary/aromatic N) is 2. The molecule has 1 heterocycles. The van der Waals surface area contributed by atoms with E-state index in [1.165, 1.54) is 0 Å². The van der Waals surface area contributed by atoms with E-state index in [-0.39, 0.29) is 5.78 Å². The summed E-state index contributed by atoms with van der Waals surface area (Å²) in [6.07, 6.45) is 0.403. The van der Waals surface area contributed by atoms with Crippen molar-refractivity contribution >= 4 is 40.3 Å². The van der Waals surface area contributed by atoms with Gasteiger partial charge in [0.15, 0.2) is 5.78 Å². The zero-order valence-corrected chi connectivity index (χ0v) is 13.3. The van der Waals surface area contributed by atoms with Gasteiger partial charge in [0.2, 0.25) is 0 Å². The number of ketones is 1. The molecular formula is C14H14Cl2N2OS. The fourth-order valence-corrected chi connectivity index (χ4v) is 2.77. The summed E-state index contributed by atoms with van der Waals surface area (Å²) in [6, 6.07) is 5.12. The first-order chi connectivity index (χ1) is 9.58. The maximum atomic E-state index is 12.1. The lowest BCUT2D eigenvalue weighted by Crippen LogP contribution is -2.21. The second-order valence-electron chi connectivity index (χ2n) is 4.49. The van der Waals surface area contributed by atoms with Crippen molar-refractivity contribution in [2.75, 3.05) is 13.6 Å². The van der Waals surface area contributed by atoms with Crippen LogP contribution in [0.3, 0.4) is 0 Å². The molecule has 0 saturated heterocycles. The first-order valence-electron chi connectivity index (χ1n) is 6.10. The highest BCUT2D eigenvalue weighted by atomic mass is 35.5. The van der Waals surface area contributed by atoms with Gasteiger partial charge in [-0.3, -0.25) is 4.79 Å². The standard InChI is InChI=1S/C14H14Cl2N2OS/c1-18(7-10-8-20-9-17-10)6-5-13(19)11-3-2-4-12(15)14(11)16/h2-4,8-9H,5-7H2,1H3. The van der Waals surface area contributed by atoms with E-state index in [9.17, 15) is 4.79 Å². The van der Waals surface area contributed by atoms with Crippen molar-refractivity contribution in [3.63, 3.8) is 0 Å². The van der Waals surface area contributed by atoms with Crippen LogP contribution in [-0.4, -0.2) is 29.3 Å². The molecule has 0 aliphatic heterocycles. The monoisotopic (exact) mass is 328 g/mol. The minimum atomic E-state index is 0.00243. The lowest BCUT2D eigenvalue weighted by atomic mass is 10.1. The van der Waals surface area contributed by atoms with Gasteiger partial charge in [-0.2, -0.15) is 0 Å². The third-order valence-corrected chi connectivity index (χ3v) is 4.34. The van der Waals surface area contributed by atoms with Crippen LogP contribution in [-0.2, 0) is 6.54 Å². The van der Waals surface area contributed by atoms with E-state index < -0.39 is 0 Å². The SMILES string of the molecule is CN(CCC(=O)c1cccc(Cl)c1Cl)Cc1cscn1. The summed E-state index contributed by atoms with van der Waals surface area (Å²) in [5.41, 5.74) is 3.31. The molecular weight excluding hydrogens is 315 g/mol. The van der Waals surface area contributed by atoms with Crippen molar-refractivity contribution in [1.29, 1.82) is 0 Å². The van der Waals surface area contributed by atoms with Gasteiger partial charge in [0.25, 0.3) is 0 Å². The highest BCUT2D eigenvalue weighted by Crippen LogP contribution is 2.26. The molecule has 0 unspecified atom stereocenters. The molecule has 0 aliphatic carbocycles. The molecule has 0 saturated carbocycles. The molecule has 3 nitrogen and oxygen atoms in total. The average Bonchev–Trinajstić information content (AvgIpc) is 2.92. The largest absolute Gasteiger partial charge is 0.300 e. The van der Waals surface area contributed by atoms with Crippen LogP contribution in [0.2, 0.25) is 10.0 Å². The van der Waals surface area contributed by atoms with Gasteiger partial charge in [-0.25, -0.2) is 4.98 Å². The molecule has 2 rings (SSSR count). The average molecular weight is 329 g/mol. The molecule has 1 aromatic carbocycles. The molecule has 106 valence electrons. The lowest BCUT2D eigenvalue weighted by molar-refractivity contribution is 0.0968. The van der Waals surface area contributed by atoms with E-state index in [0.29, 0.717) is 28.6 Å². The number of thiazole rings is 1. The van der Waals surface area contributed by atoms with Crippen LogP contribution in [0, 0.1) is 0 Å². The van der Waals surface area contributed by atoms with Gasteiger partial charge in [-0.1, -0.05) is 29.3 Å². The number of hydrogen-bond donors (Lipinski definition) is 0. The van der Waals surface area contributed by atoms with E-state index in [0.717, 1.165) is 12.2 Å². The van der Waals surface area contributed by atoms with Crippen LogP contribution in [0.5, 0.6) is 0 Å². The Bertz CT molecular complexity index is 587. The van der Waals surface area contributed by atoms with Gasteiger partial charge in [0.05, 0.1) is 21.2 Å². The Labute approximate surface area is 132 Å². The highest BCUT2D eigenvalue weighted by molar-refractivity contribution is 7.07. The minimum Gasteiger partial charge on any atom is -0.300 e. The van der Waals surface area contributed by atoms with Crippen molar-refractivity contribution in [2.45, 2.75) is 13.0 Å². The molecule has 0 aliphatic rings. The van der Waals surface area contributed by atoms with Gasteiger partial charge in [-0.15, -0.1) is 11.3 Å². The number of rotatable bonds is 6. The van der Waals surface area contributed by atoms with Crippen molar-refractivity contribution in [2.24, 2.45) is 0 Å². The van der Waals surface area contributed by atoms with Crippen LogP contribution in [0.1, 0.15) is 22.5 Å². The molecule has 2 aromatic rings. The summed E-state index contributed by atoms with van der Waals surface area (Å²) < 4.78 is 0. The van der Waals surface area contributed by atoms with Crippen LogP contribution < -0.4 is 0 Å². The topological polar surface area (TPSA) is 33.2 Å². The second kappa shape index (κ2) is 7.18. The number of hydrogen-bond acceptors (Lipinski definition) is 4. The fourth-order valence-electron chi connectivity index (χ4n) is 1.82. The molecule has 0 N–H and O–H groups in total. The summed E-state index contributed by atoms with van der Waals surface area (Å²) >= 11 is 13.5.